The number of allylic oxidation sites excluding steroid dienone is 1. The Morgan fingerprint density at radius 1 is 1.18 bits per heavy atom. The third-order valence-corrected chi connectivity index (χ3v) is 8.79. The van der Waals surface area contributed by atoms with Crippen LogP contribution in [0, 0.1) is 6.92 Å². The number of aliphatic imine (C=N–C) groups is 2. The molecule has 1 aromatic carbocycles. The molecule has 0 fully saturated rings. The second kappa shape index (κ2) is 14.4. The molecule has 1 N–H and O–H groups in total. The SMILES string of the molecule is C=N/C(=N\C=C(/C)C1=CCOCC1)[C@@H](OC)[C@H](C)S(=O)(=O)Nc1nnc(-c2cncc(C)c2)n1-c1c(OC)cccc1OC. The van der Waals surface area contributed by atoms with Gasteiger partial charge in [-0.2, -0.15) is 0 Å². The number of anilines is 1. The van der Waals surface area contributed by atoms with E-state index in [2.05, 4.69) is 36.6 Å². The fourth-order valence-electron chi connectivity index (χ4n) is 4.70. The van der Waals surface area contributed by atoms with Gasteiger partial charge in [-0.1, -0.05) is 12.1 Å². The van der Waals surface area contributed by atoms with Crippen molar-refractivity contribution in [3.05, 3.63) is 65.6 Å². The molecule has 234 valence electrons. The van der Waals surface area contributed by atoms with Gasteiger partial charge in [-0.3, -0.25) is 14.3 Å². The van der Waals surface area contributed by atoms with E-state index in [9.17, 15) is 8.42 Å². The second-order valence-electron chi connectivity index (χ2n) is 9.97. The topological polar surface area (TPSA) is 151 Å². The molecule has 1 aliphatic heterocycles. The van der Waals surface area contributed by atoms with E-state index in [1.165, 1.54) is 32.8 Å². The number of amidine groups is 1. The van der Waals surface area contributed by atoms with E-state index in [0.29, 0.717) is 41.8 Å². The number of aryl methyl sites for hydroxylation is 1. The molecule has 13 nitrogen and oxygen atoms in total. The van der Waals surface area contributed by atoms with Crippen molar-refractivity contribution >= 4 is 28.5 Å². The molecule has 0 spiro atoms. The Labute approximate surface area is 257 Å². The second-order valence-corrected chi connectivity index (χ2v) is 12.0. The van der Waals surface area contributed by atoms with E-state index in [1.807, 2.05) is 26.0 Å². The largest absolute Gasteiger partial charge is 0.494 e. The van der Waals surface area contributed by atoms with Gasteiger partial charge in [0.1, 0.15) is 28.5 Å². The van der Waals surface area contributed by atoms with E-state index in [1.54, 1.807) is 36.8 Å². The van der Waals surface area contributed by atoms with Crippen molar-refractivity contribution in [3.63, 3.8) is 0 Å². The molecular weight excluding hydrogens is 586 g/mol. The van der Waals surface area contributed by atoms with Gasteiger partial charge in [0.15, 0.2) is 11.7 Å². The Kier molecular flexibility index (Phi) is 10.6. The Morgan fingerprint density at radius 3 is 2.50 bits per heavy atom. The first kappa shape index (κ1) is 32.5. The minimum atomic E-state index is -4.20. The van der Waals surface area contributed by atoms with Crippen LogP contribution >= 0.6 is 0 Å². The number of hydrogen-bond donors (Lipinski definition) is 1. The average molecular weight is 624 g/mol. The van der Waals surface area contributed by atoms with Gasteiger partial charge in [0.2, 0.25) is 16.0 Å². The predicted molar refractivity (Wildman–Crippen MR) is 169 cm³/mol. The number of sulfonamides is 1. The zero-order valence-electron chi connectivity index (χ0n) is 25.6. The highest BCUT2D eigenvalue weighted by Gasteiger charge is 2.35. The number of pyridine rings is 1. The van der Waals surface area contributed by atoms with Crippen LogP contribution in [0.15, 0.2) is 70.1 Å². The van der Waals surface area contributed by atoms with Crippen molar-refractivity contribution in [3.8, 4) is 28.6 Å². The predicted octanol–water partition coefficient (Wildman–Crippen LogP) is 4.15. The number of para-hydroxylation sites is 1. The normalized spacial score (nSPS) is 15.7. The highest BCUT2D eigenvalue weighted by Crippen LogP contribution is 2.38. The summed E-state index contributed by atoms with van der Waals surface area (Å²) in [6, 6.07) is 7.07. The standard InChI is InChI=1S/C30H37N7O6S/c1-19-15-23(18-32-16-19)29-34-35-30(37(29)26-24(40-5)9-8-10-25(26)41-6)36-44(38,39)21(3)27(42-7)28(31-4)33-17-20(2)22-11-13-43-14-12-22/h8-11,15-18,21,27H,4,12-14H2,1-3,5-7H3,(H,35,36)/b20-17+,33-28-/t21-,27-/m0/s1. The highest BCUT2D eigenvalue weighted by atomic mass is 32.2. The molecule has 44 heavy (non-hydrogen) atoms. The van der Waals surface area contributed by atoms with Crippen LogP contribution in [0.3, 0.4) is 0 Å². The third kappa shape index (κ3) is 7.04. The maximum Gasteiger partial charge on any atom is 0.243 e. The van der Waals surface area contributed by atoms with Crippen molar-refractivity contribution in [2.75, 3.05) is 39.3 Å². The van der Waals surface area contributed by atoms with Crippen molar-refractivity contribution < 1.29 is 27.4 Å². The summed E-state index contributed by atoms with van der Waals surface area (Å²) in [5.74, 6) is 1.13. The summed E-state index contributed by atoms with van der Waals surface area (Å²) in [4.78, 5) is 12.7. The van der Waals surface area contributed by atoms with E-state index < -0.39 is 21.4 Å². The van der Waals surface area contributed by atoms with E-state index in [4.69, 9.17) is 18.9 Å². The van der Waals surface area contributed by atoms with Crippen molar-refractivity contribution in [1.29, 1.82) is 0 Å². The summed E-state index contributed by atoms with van der Waals surface area (Å²) >= 11 is 0. The van der Waals surface area contributed by atoms with Crippen molar-refractivity contribution in [2.24, 2.45) is 9.98 Å². The fraction of sp³-hybridized carbons (Fsp3) is 0.367. The van der Waals surface area contributed by atoms with Gasteiger partial charge < -0.3 is 18.9 Å². The highest BCUT2D eigenvalue weighted by molar-refractivity contribution is 7.93. The molecule has 0 radical (unpaired) electrons. The molecule has 3 aromatic rings. The van der Waals surface area contributed by atoms with E-state index >= 15 is 0 Å². The molecule has 3 heterocycles. The van der Waals surface area contributed by atoms with Gasteiger partial charge in [-0.05, 0) is 68.8 Å². The third-order valence-electron chi connectivity index (χ3n) is 7.10. The number of ether oxygens (including phenoxy) is 4. The molecule has 0 aliphatic carbocycles. The zero-order chi connectivity index (χ0) is 31.9. The van der Waals surface area contributed by atoms with Gasteiger partial charge in [0.05, 0.1) is 27.4 Å². The number of hydrogen-bond acceptors (Lipinski definition) is 10. The maximum absolute atomic E-state index is 13.9. The van der Waals surface area contributed by atoms with Gasteiger partial charge in [0, 0.05) is 31.3 Å². The van der Waals surface area contributed by atoms with Crippen molar-refractivity contribution in [1.82, 2.24) is 19.7 Å². The molecule has 2 aromatic heterocycles. The lowest BCUT2D eigenvalue weighted by atomic mass is 10.0. The van der Waals surface area contributed by atoms with Crippen molar-refractivity contribution in [2.45, 2.75) is 38.5 Å². The summed E-state index contributed by atoms with van der Waals surface area (Å²) < 4.78 is 54.1. The van der Waals surface area contributed by atoms with Crippen LogP contribution in [-0.4, -0.2) is 86.6 Å². The van der Waals surface area contributed by atoms with Crippen LogP contribution in [0.25, 0.3) is 17.1 Å². The number of methoxy groups -OCH3 is 3. The average Bonchev–Trinajstić information content (AvgIpc) is 3.44. The molecule has 0 saturated carbocycles. The number of nitrogens with zero attached hydrogens (tertiary/aromatic N) is 6. The van der Waals surface area contributed by atoms with Crippen LogP contribution in [0.1, 0.15) is 25.8 Å². The lowest BCUT2D eigenvalue weighted by Crippen LogP contribution is -2.41. The first-order chi connectivity index (χ1) is 21.1. The minimum Gasteiger partial charge on any atom is -0.494 e. The van der Waals surface area contributed by atoms with Crippen LogP contribution < -0.4 is 14.2 Å². The summed E-state index contributed by atoms with van der Waals surface area (Å²) in [5.41, 5.74) is 3.89. The van der Waals surface area contributed by atoms with Crippen LogP contribution in [-0.2, 0) is 19.5 Å². The number of rotatable bonds is 12. The molecule has 1 aliphatic rings. The summed E-state index contributed by atoms with van der Waals surface area (Å²) in [5, 5.41) is 7.39. The Morgan fingerprint density at radius 2 is 1.91 bits per heavy atom. The monoisotopic (exact) mass is 623 g/mol. The summed E-state index contributed by atoms with van der Waals surface area (Å²) in [7, 11) is 0.198. The summed E-state index contributed by atoms with van der Waals surface area (Å²) in [6.45, 7) is 10.1. The van der Waals surface area contributed by atoms with E-state index in [0.717, 1.165) is 23.1 Å². The van der Waals surface area contributed by atoms with E-state index in [-0.39, 0.29) is 11.8 Å². The molecule has 0 amide bonds. The lowest BCUT2D eigenvalue weighted by Gasteiger charge is -2.23. The molecule has 14 heteroatoms. The van der Waals surface area contributed by atoms with Gasteiger partial charge in [-0.25, -0.2) is 18.4 Å². The Bertz CT molecular complexity index is 1670. The number of aromatic nitrogens is 4. The zero-order valence-corrected chi connectivity index (χ0v) is 26.5. The smallest absolute Gasteiger partial charge is 0.243 e. The molecule has 2 atom stereocenters. The first-order valence-corrected chi connectivity index (χ1v) is 15.3. The summed E-state index contributed by atoms with van der Waals surface area (Å²) in [6.07, 6.45) is 6.64. The minimum absolute atomic E-state index is 0.0988. The molecular formula is C30H37N7O6S. The molecule has 0 saturated heterocycles. The van der Waals surface area contributed by atoms with Gasteiger partial charge in [-0.15, -0.1) is 10.2 Å². The molecule has 4 rings (SSSR count). The molecule has 0 unspecified atom stereocenters. The lowest BCUT2D eigenvalue weighted by molar-refractivity contribution is 0.153. The Hall–Kier alpha value is -4.40. The number of nitrogens with one attached hydrogen (secondary N) is 1. The van der Waals surface area contributed by atoms with Crippen LogP contribution in [0.5, 0.6) is 11.5 Å². The first-order valence-electron chi connectivity index (χ1n) is 13.8. The Balaban J connectivity index is 1.76. The maximum atomic E-state index is 13.9. The number of benzene rings is 1. The van der Waals surface area contributed by atoms with Gasteiger partial charge >= 0.3 is 0 Å². The van der Waals surface area contributed by atoms with Gasteiger partial charge in [0.25, 0.3) is 0 Å². The van der Waals surface area contributed by atoms with Crippen LogP contribution in [0.4, 0.5) is 5.95 Å². The van der Waals surface area contributed by atoms with Crippen LogP contribution in [0.2, 0.25) is 0 Å². The fourth-order valence-corrected chi connectivity index (χ4v) is 5.83. The molecule has 0 bridgehead atoms. The quantitative estimate of drug-likeness (QED) is 0.232.